The highest BCUT2D eigenvalue weighted by Gasteiger charge is 2.49. The van der Waals surface area contributed by atoms with Crippen LogP contribution in [0.2, 0.25) is 0 Å². The van der Waals surface area contributed by atoms with Crippen LogP contribution in [-0.2, 0) is 11.3 Å². The molecule has 1 aromatic heterocycles. The number of nitrogens with zero attached hydrogens (tertiary/aromatic N) is 2. The van der Waals surface area contributed by atoms with E-state index in [0.717, 1.165) is 24.8 Å². The molecule has 2 fully saturated rings. The fourth-order valence-corrected chi connectivity index (χ4v) is 4.14. The Bertz CT molecular complexity index is 820. The van der Waals surface area contributed by atoms with E-state index in [-0.39, 0.29) is 17.6 Å². The first-order chi connectivity index (χ1) is 12.6. The van der Waals surface area contributed by atoms with Gasteiger partial charge in [0.05, 0.1) is 11.7 Å². The molecule has 2 aromatic rings. The Balaban J connectivity index is 1.48. The van der Waals surface area contributed by atoms with E-state index in [1.54, 1.807) is 28.0 Å². The molecule has 2 aliphatic rings. The van der Waals surface area contributed by atoms with Crippen molar-refractivity contribution < 1.29 is 18.4 Å². The predicted octanol–water partition coefficient (Wildman–Crippen LogP) is 3.07. The third kappa shape index (κ3) is 3.00. The second-order valence-electron chi connectivity index (χ2n) is 7.19. The van der Waals surface area contributed by atoms with Crippen molar-refractivity contribution in [3.63, 3.8) is 0 Å². The molecule has 0 radical (unpaired) electrons. The topological polar surface area (TPSA) is 53.8 Å². The lowest BCUT2D eigenvalue weighted by molar-refractivity contribution is -0.138. The number of likely N-dealkylation sites (tertiary alicyclic amines) is 2. The van der Waals surface area contributed by atoms with Gasteiger partial charge in [-0.1, -0.05) is 12.1 Å². The summed E-state index contributed by atoms with van der Waals surface area (Å²) in [6.45, 7) is 2.10. The van der Waals surface area contributed by atoms with E-state index in [4.69, 9.17) is 4.42 Å². The van der Waals surface area contributed by atoms with Crippen LogP contribution in [0, 0.1) is 11.2 Å². The average Bonchev–Trinajstić information content (AvgIpc) is 3.27. The molecule has 26 heavy (non-hydrogen) atoms. The first-order valence-corrected chi connectivity index (χ1v) is 8.94. The monoisotopic (exact) mass is 356 g/mol. The summed E-state index contributed by atoms with van der Waals surface area (Å²) in [5.41, 5.74) is 0.267. The van der Waals surface area contributed by atoms with Crippen LogP contribution >= 0.6 is 0 Å². The minimum Gasteiger partial charge on any atom is -0.459 e. The molecular formula is C20H21FN2O3. The number of rotatable bonds is 3. The van der Waals surface area contributed by atoms with Gasteiger partial charge in [-0.15, -0.1) is 0 Å². The van der Waals surface area contributed by atoms with Gasteiger partial charge < -0.3 is 14.2 Å². The van der Waals surface area contributed by atoms with Gasteiger partial charge in [-0.25, -0.2) is 4.39 Å². The number of furan rings is 1. The van der Waals surface area contributed by atoms with Crippen molar-refractivity contribution in [3.8, 4) is 0 Å². The largest absolute Gasteiger partial charge is 0.459 e. The Kier molecular flexibility index (Phi) is 4.26. The van der Waals surface area contributed by atoms with Gasteiger partial charge in [-0.2, -0.15) is 0 Å². The molecule has 0 aliphatic carbocycles. The van der Waals surface area contributed by atoms with E-state index >= 15 is 0 Å². The summed E-state index contributed by atoms with van der Waals surface area (Å²) in [6.07, 6.45) is 3.79. The molecule has 2 saturated heterocycles. The third-order valence-corrected chi connectivity index (χ3v) is 5.46. The zero-order chi connectivity index (χ0) is 18.1. The van der Waals surface area contributed by atoms with Crippen molar-refractivity contribution in [2.45, 2.75) is 25.8 Å². The molecule has 1 spiro atoms. The Hall–Kier alpha value is -2.63. The molecule has 0 saturated carbocycles. The van der Waals surface area contributed by atoms with Gasteiger partial charge in [-0.3, -0.25) is 9.59 Å². The molecule has 1 aromatic carbocycles. The lowest BCUT2D eigenvalue weighted by atomic mass is 9.78. The van der Waals surface area contributed by atoms with E-state index < -0.39 is 5.41 Å². The smallest absolute Gasteiger partial charge is 0.289 e. The number of hydrogen-bond acceptors (Lipinski definition) is 3. The maximum absolute atomic E-state index is 13.4. The van der Waals surface area contributed by atoms with Crippen LogP contribution in [0.1, 0.15) is 35.4 Å². The van der Waals surface area contributed by atoms with Crippen molar-refractivity contribution in [1.82, 2.24) is 9.80 Å². The van der Waals surface area contributed by atoms with Gasteiger partial charge in [0.25, 0.3) is 5.91 Å². The number of hydrogen-bond donors (Lipinski definition) is 0. The lowest BCUT2D eigenvalue weighted by Gasteiger charge is -2.38. The average molecular weight is 356 g/mol. The quantitative estimate of drug-likeness (QED) is 0.849. The molecule has 2 amide bonds. The van der Waals surface area contributed by atoms with E-state index in [1.807, 2.05) is 6.07 Å². The first-order valence-electron chi connectivity index (χ1n) is 8.94. The molecule has 136 valence electrons. The normalized spacial score (nSPS) is 23.0. The standard InChI is InChI=1S/C20H21FN2O3/c21-16-5-1-4-15(12-16)13-22-10-8-20(19(22)25)7-3-9-23(14-20)18(24)17-6-2-11-26-17/h1-2,4-6,11-12H,3,7-10,13-14H2. The zero-order valence-corrected chi connectivity index (χ0v) is 14.5. The first kappa shape index (κ1) is 16.8. The molecule has 3 heterocycles. The van der Waals surface area contributed by atoms with Crippen molar-refractivity contribution in [2.75, 3.05) is 19.6 Å². The number of carbonyl (C=O) groups is 2. The summed E-state index contributed by atoms with van der Waals surface area (Å²) >= 11 is 0. The second kappa shape index (κ2) is 6.59. The van der Waals surface area contributed by atoms with Crippen LogP contribution in [0.5, 0.6) is 0 Å². The number of amides is 2. The molecule has 1 unspecified atom stereocenters. The van der Waals surface area contributed by atoms with Gasteiger partial charge in [0.2, 0.25) is 5.91 Å². The van der Waals surface area contributed by atoms with Gasteiger partial charge in [0.1, 0.15) is 5.82 Å². The van der Waals surface area contributed by atoms with Crippen LogP contribution in [0.3, 0.4) is 0 Å². The maximum atomic E-state index is 13.4. The van der Waals surface area contributed by atoms with E-state index in [0.29, 0.717) is 31.9 Å². The van der Waals surface area contributed by atoms with Crippen LogP contribution in [0.15, 0.2) is 47.1 Å². The molecule has 1 atom stereocenters. The summed E-state index contributed by atoms with van der Waals surface area (Å²) in [5.74, 6) is -0.0787. The summed E-state index contributed by atoms with van der Waals surface area (Å²) in [5, 5.41) is 0. The maximum Gasteiger partial charge on any atom is 0.289 e. The van der Waals surface area contributed by atoms with Gasteiger partial charge in [-0.05, 0) is 49.1 Å². The van der Waals surface area contributed by atoms with Crippen molar-refractivity contribution >= 4 is 11.8 Å². The number of piperidine rings is 1. The lowest BCUT2D eigenvalue weighted by Crippen LogP contribution is -2.49. The minimum atomic E-state index is -0.520. The molecular weight excluding hydrogens is 335 g/mol. The second-order valence-corrected chi connectivity index (χ2v) is 7.19. The van der Waals surface area contributed by atoms with Gasteiger partial charge in [0, 0.05) is 26.2 Å². The zero-order valence-electron chi connectivity index (χ0n) is 14.5. The van der Waals surface area contributed by atoms with Gasteiger partial charge in [0.15, 0.2) is 5.76 Å². The predicted molar refractivity (Wildman–Crippen MR) is 92.7 cm³/mol. The highest BCUT2D eigenvalue weighted by Crippen LogP contribution is 2.41. The van der Waals surface area contributed by atoms with Crippen LogP contribution in [0.25, 0.3) is 0 Å². The summed E-state index contributed by atoms with van der Waals surface area (Å²) in [4.78, 5) is 29.2. The molecule has 0 N–H and O–H groups in total. The van der Waals surface area contributed by atoms with Crippen LogP contribution in [-0.4, -0.2) is 41.2 Å². The highest BCUT2D eigenvalue weighted by atomic mass is 19.1. The van der Waals surface area contributed by atoms with E-state index in [1.165, 1.54) is 18.4 Å². The number of benzene rings is 1. The number of carbonyl (C=O) groups excluding carboxylic acids is 2. The molecule has 4 rings (SSSR count). The van der Waals surface area contributed by atoms with Crippen molar-refractivity contribution in [1.29, 1.82) is 0 Å². The Morgan fingerprint density at radius 3 is 2.85 bits per heavy atom. The SMILES string of the molecule is O=C(c1ccco1)N1CCCC2(CCN(Cc3cccc(F)c3)C2=O)C1. The van der Waals surface area contributed by atoms with E-state index in [9.17, 15) is 14.0 Å². The fourth-order valence-electron chi connectivity index (χ4n) is 4.14. The fraction of sp³-hybridized carbons (Fsp3) is 0.400. The van der Waals surface area contributed by atoms with E-state index in [2.05, 4.69) is 0 Å². The summed E-state index contributed by atoms with van der Waals surface area (Å²) in [7, 11) is 0. The Morgan fingerprint density at radius 1 is 1.19 bits per heavy atom. The summed E-state index contributed by atoms with van der Waals surface area (Å²) < 4.78 is 18.6. The minimum absolute atomic E-state index is 0.0682. The molecule has 6 heteroatoms. The molecule has 0 bridgehead atoms. The Labute approximate surface area is 151 Å². The van der Waals surface area contributed by atoms with Crippen molar-refractivity contribution in [2.24, 2.45) is 5.41 Å². The number of halogens is 1. The van der Waals surface area contributed by atoms with Gasteiger partial charge >= 0.3 is 0 Å². The van der Waals surface area contributed by atoms with Crippen LogP contribution in [0.4, 0.5) is 4.39 Å². The van der Waals surface area contributed by atoms with Crippen LogP contribution < -0.4 is 0 Å². The molecule has 5 nitrogen and oxygen atoms in total. The molecule has 2 aliphatic heterocycles. The summed E-state index contributed by atoms with van der Waals surface area (Å²) in [6, 6.07) is 9.69. The Morgan fingerprint density at radius 2 is 2.08 bits per heavy atom. The third-order valence-electron chi connectivity index (χ3n) is 5.46. The van der Waals surface area contributed by atoms with Crippen molar-refractivity contribution in [3.05, 3.63) is 59.8 Å². The highest BCUT2D eigenvalue weighted by molar-refractivity contribution is 5.93.